The van der Waals surface area contributed by atoms with E-state index in [-0.39, 0.29) is 4.82 Å². The molecule has 1 N–H and O–H groups in total. The monoisotopic (exact) mass is 291 g/mol. The van der Waals surface area contributed by atoms with Crippen LogP contribution in [0.5, 0.6) is 0 Å². The second kappa shape index (κ2) is 4.05. The quantitative estimate of drug-likeness (QED) is 0.621. The summed E-state index contributed by atoms with van der Waals surface area (Å²) in [4.78, 5) is 10.4. The molecule has 1 rings (SSSR count). The summed E-state index contributed by atoms with van der Waals surface area (Å²) in [5, 5.41) is 2.62. The van der Waals surface area contributed by atoms with Crippen molar-refractivity contribution in [2.45, 2.75) is 6.92 Å². The Morgan fingerprint density at radius 2 is 2.17 bits per heavy atom. The standard InChI is InChI=1S/C8H7Br2NO/c1-5-2-3-6(4-7(5)9)11-8(10)12/h2-4H,1H3,(H,11,12). The van der Waals surface area contributed by atoms with Gasteiger partial charge in [-0.1, -0.05) is 22.0 Å². The summed E-state index contributed by atoms with van der Waals surface area (Å²) in [7, 11) is 0. The summed E-state index contributed by atoms with van der Waals surface area (Å²) in [5.41, 5.74) is 1.91. The zero-order chi connectivity index (χ0) is 9.14. The summed E-state index contributed by atoms with van der Waals surface area (Å²) in [6.07, 6.45) is 0. The molecule has 2 nitrogen and oxygen atoms in total. The Labute approximate surface area is 87.6 Å². The molecule has 0 aromatic heterocycles. The molecule has 4 heteroatoms. The average molecular weight is 293 g/mol. The second-order valence-corrected chi connectivity index (χ2v) is 3.94. The molecule has 64 valence electrons. The third-order valence-corrected chi connectivity index (χ3v) is 2.47. The summed E-state index contributed by atoms with van der Waals surface area (Å²) in [5.74, 6) is 0. The van der Waals surface area contributed by atoms with Gasteiger partial charge in [-0.3, -0.25) is 4.79 Å². The summed E-state index contributed by atoms with van der Waals surface area (Å²) in [6.45, 7) is 1.99. The predicted octanol–water partition coefficient (Wildman–Crippen LogP) is 3.68. The summed E-state index contributed by atoms with van der Waals surface area (Å²) >= 11 is 6.16. The maximum Gasteiger partial charge on any atom is 0.291 e. The van der Waals surface area contributed by atoms with Crippen LogP contribution in [0.15, 0.2) is 22.7 Å². The van der Waals surface area contributed by atoms with E-state index in [0.717, 1.165) is 15.7 Å². The van der Waals surface area contributed by atoms with Gasteiger partial charge < -0.3 is 5.32 Å². The topological polar surface area (TPSA) is 29.1 Å². The van der Waals surface area contributed by atoms with Gasteiger partial charge in [0.2, 0.25) is 0 Å². The Hall–Kier alpha value is -0.350. The van der Waals surface area contributed by atoms with Crippen LogP contribution in [0.4, 0.5) is 10.5 Å². The number of rotatable bonds is 1. The van der Waals surface area contributed by atoms with Crippen LogP contribution >= 0.6 is 31.9 Å². The number of nitrogens with one attached hydrogen (secondary N) is 1. The van der Waals surface area contributed by atoms with Crippen molar-refractivity contribution in [3.63, 3.8) is 0 Å². The molecule has 1 amide bonds. The smallest absolute Gasteiger partial charge is 0.291 e. The van der Waals surface area contributed by atoms with E-state index in [1.165, 1.54) is 0 Å². The molecule has 0 heterocycles. The van der Waals surface area contributed by atoms with E-state index in [2.05, 4.69) is 37.2 Å². The molecule has 0 aliphatic carbocycles. The highest BCUT2D eigenvalue weighted by molar-refractivity contribution is 9.18. The van der Waals surface area contributed by atoms with E-state index >= 15 is 0 Å². The van der Waals surface area contributed by atoms with Gasteiger partial charge in [0.05, 0.1) is 0 Å². The first kappa shape index (κ1) is 9.74. The minimum atomic E-state index is -0.238. The lowest BCUT2D eigenvalue weighted by atomic mass is 10.2. The number of hydrogen-bond acceptors (Lipinski definition) is 1. The number of carbonyl (C=O) groups excluding carboxylic acids is 1. The maximum absolute atomic E-state index is 10.6. The third-order valence-electron chi connectivity index (χ3n) is 1.41. The molecule has 0 saturated carbocycles. The van der Waals surface area contributed by atoms with Crippen molar-refractivity contribution in [1.29, 1.82) is 0 Å². The lowest BCUT2D eigenvalue weighted by Gasteiger charge is -2.02. The summed E-state index contributed by atoms with van der Waals surface area (Å²) < 4.78 is 0.987. The Balaban J connectivity index is 2.89. The SMILES string of the molecule is Cc1ccc(NC(=O)Br)cc1Br. The van der Waals surface area contributed by atoms with Crippen LogP contribution in [0.25, 0.3) is 0 Å². The number of benzene rings is 1. The van der Waals surface area contributed by atoms with Gasteiger partial charge in [0.1, 0.15) is 0 Å². The Morgan fingerprint density at radius 1 is 1.50 bits per heavy atom. The van der Waals surface area contributed by atoms with E-state index in [4.69, 9.17) is 0 Å². The molecule has 0 aliphatic rings. The second-order valence-electron chi connectivity index (χ2n) is 2.36. The first-order valence-corrected chi connectivity index (χ1v) is 4.91. The van der Waals surface area contributed by atoms with Crippen molar-refractivity contribution in [2.24, 2.45) is 0 Å². The van der Waals surface area contributed by atoms with Crippen LogP contribution < -0.4 is 5.32 Å². The zero-order valence-corrected chi connectivity index (χ0v) is 9.57. The zero-order valence-electron chi connectivity index (χ0n) is 6.40. The molecule has 0 unspecified atom stereocenters. The fourth-order valence-corrected chi connectivity index (χ4v) is 1.39. The molecule has 0 fully saturated rings. The van der Waals surface area contributed by atoms with Crippen LogP contribution in [0, 0.1) is 6.92 Å². The maximum atomic E-state index is 10.6. The van der Waals surface area contributed by atoms with Crippen LogP contribution in [0.2, 0.25) is 0 Å². The molecule has 0 saturated heterocycles. The first-order chi connectivity index (χ1) is 5.59. The van der Waals surface area contributed by atoms with Gasteiger partial charge in [-0.25, -0.2) is 0 Å². The highest BCUT2D eigenvalue weighted by Gasteiger charge is 1.98. The molecule has 0 radical (unpaired) electrons. The molecular formula is C8H7Br2NO. The van der Waals surface area contributed by atoms with Crippen LogP contribution in [0.3, 0.4) is 0 Å². The third kappa shape index (κ3) is 2.60. The molecule has 12 heavy (non-hydrogen) atoms. The molecule has 1 aromatic carbocycles. The van der Waals surface area contributed by atoms with Crippen LogP contribution in [-0.4, -0.2) is 4.82 Å². The first-order valence-electron chi connectivity index (χ1n) is 3.32. The number of halogens is 2. The number of aryl methyl sites for hydroxylation is 1. The van der Waals surface area contributed by atoms with E-state index in [9.17, 15) is 4.79 Å². The van der Waals surface area contributed by atoms with Crippen molar-refractivity contribution >= 4 is 42.4 Å². The normalized spacial score (nSPS) is 9.58. The fourth-order valence-electron chi connectivity index (χ4n) is 0.784. The number of amides is 1. The van der Waals surface area contributed by atoms with Gasteiger partial charge in [-0.15, -0.1) is 0 Å². The van der Waals surface area contributed by atoms with E-state index < -0.39 is 0 Å². The number of carbonyl (C=O) groups is 1. The minimum Gasteiger partial charge on any atom is -0.316 e. The van der Waals surface area contributed by atoms with E-state index in [1.807, 2.05) is 25.1 Å². The van der Waals surface area contributed by atoms with Crippen molar-refractivity contribution in [2.75, 3.05) is 5.32 Å². The van der Waals surface area contributed by atoms with Gasteiger partial charge in [0.15, 0.2) is 0 Å². The van der Waals surface area contributed by atoms with E-state index in [0.29, 0.717) is 0 Å². The van der Waals surface area contributed by atoms with Gasteiger partial charge in [-0.2, -0.15) is 0 Å². The number of hydrogen-bond donors (Lipinski definition) is 1. The summed E-state index contributed by atoms with van der Waals surface area (Å²) in [6, 6.07) is 5.64. The lowest BCUT2D eigenvalue weighted by Crippen LogP contribution is -1.99. The van der Waals surface area contributed by atoms with Gasteiger partial charge in [0.25, 0.3) is 4.82 Å². The van der Waals surface area contributed by atoms with Crippen molar-refractivity contribution < 1.29 is 4.79 Å². The molecular weight excluding hydrogens is 286 g/mol. The lowest BCUT2D eigenvalue weighted by molar-refractivity contribution is 0.270. The Morgan fingerprint density at radius 3 is 2.67 bits per heavy atom. The fraction of sp³-hybridized carbons (Fsp3) is 0.125. The molecule has 0 atom stereocenters. The van der Waals surface area contributed by atoms with Crippen LogP contribution in [0.1, 0.15) is 5.56 Å². The predicted molar refractivity (Wildman–Crippen MR) is 56.8 cm³/mol. The van der Waals surface area contributed by atoms with Crippen molar-refractivity contribution in [1.82, 2.24) is 0 Å². The van der Waals surface area contributed by atoms with Crippen molar-refractivity contribution in [3.05, 3.63) is 28.2 Å². The van der Waals surface area contributed by atoms with Gasteiger partial charge in [-0.05, 0) is 24.6 Å². The molecule has 1 aromatic rings. The van der Waals surface area contributed by atoms with Crippen LogP contribution in [-0.2, 0) is 0 Å². The highest BCUT2D eigenvalue weighted by Crippen LogP contribution is 2.20. The molecule has 0 spiro atoms. The minimum absolute atomic E-state index is 0.238. The molecule has 0 aliphatic heterocycles. The highest BCUT2D eigenvalue weighted by atomic mass is 79.9. The van der Waals surface area contributed by atoms with Gasteiger partial charge >= 0.3 is 0 Å². The Kier molecular flexibility index (Phi) is 3.29. The Bertz CT molecular complexity index is 312. The van der Waals surface area contributed by atoms with Gasteiger partial charge in [0, 0.05) is 26.1 Å². The molecule has 0 bridgehead atoms. The van der Waals surface area contributed by atoms with Crippen molar-refractivity contribution in [3.8, 4) is 0 Å². The average Bonchev–Trinajstić information content (AvgIpc) is 1.96. The largest absolute Gasteiger partial charge is 0.316 e. The van der Waals surface area contributed by atoms with E-state index in [1.54, 1.807) is 0 Å². The number of anilines is 1.